The summed E-state index contributed by atoms with van der Waals surface area (Å²) in [6.07, 6.45) is -3.63. The summed E-state index contributed by atoms with van der Waals surface area (Å²) in [4.78, 5) is 4.40. The van der Waals surface area contributed by atoms with Gasteiger partial charge in [-0.15, -0.1) is 0 Å². The molecule has 34 heavy (non-hydrogen) atoms. The van der Waals surface area contributed by atoms with Gasteiger partial charge in [-0.2, -0.15) is 17.5 Å². The van der Waals surface area contributed by atoms with Crippen molar-refractivity contribution in [2.24, 2.45) is 5.92 Å². The highest BCUT2D eigenvalue weighted by molar-refractivity contribution is 7.93. The fourth-order valence-corrected chi connectivity index (χ4v) is 5.76. The van der Waals surface area contributed by atoms with Crippen LogP contribution in [-0.4, -0.2) is 35.4 Å². The summed E-state index contributed by atoms with van der Waals surface area (Å²) in [5.74, 6) is -3.67. The van der Waals surface area contributed by atoms with Gasteiger partial charge in [-0.25, -0.2) is 22.2 Å². The number of sulfonamides is 1. The Balaban J connectivity index is 1.60. The van der Waals surface area contributed by atoms with Gasteiger partial charge in [0.2, 0.25) is 5.13 Å². The van der Waals surface area contributed by atoms with E-state index in [0.717, 1.165) is 23.9 Å². The van der Waals surface area contributed by atoms with Crippen molar-refractivity contribution in [2.75, 3.05) is 11.3 Å². The van der Waals surface area contributed by atoms with Crippen LogP contribution in [0.4, 0.5) is 27.1 Å². The number of rotatable bonds is 6. The van der Waals surface area contributed by atoms with Crippen LogP contribution in [0.25, 0.3) is 0 Å². The molecule has 1 aromatic heterocycles. The number of nitrogens with zero attached hydrogens (tertiary/aromatic N) is 3. The van der Waals surface area contributed by atoms with Crippen LogP contribution in [0.15, 0.2) is 53.7 Å². The van der Waals surface area contributed by atoms with E-state index in [1.165, 1.54) is 0 Å². The molecule has 6 nitrogen and oxygen atoms in total. The lowest BCUT2D eigenvalue weighted by Crippen LogP contribution is -2.41. The predicted octanol–water partition coefficient (Wildman–Crippen LogP) is 5.13. The summed E-state index contributed by atoms with van der Waals surface area (Å²) >= 11 is 0.727. The average Bonchev–Trinajstić information content (AvgIpc) is 3.28. The lowest BCUT2D eigenvalue weighted by Gasteiger charge is -2.40. The molecule has 1 N–H and O–H groups in total. The monoisotopic (exact) mass is 518 g/mol. The SMILES string of the molecule is O=S(=O)(Nc1ncns1)c1cc(F)c(CN2CC[C@@H](C(F)(F)F)CC2c2ccccc2)cc1F. The van der Waals surface area contributed by atoms with E-state index >= 15 is 0 Å². The van der Waals surface area contributed by atoms with Crippen molar-refractivity contribution < 1.29 is 30.4 Å². The molecular formula is C21H19F5N4O2S2. The topological polar surface area (TPSA) is 75.2 Å². The van der Waals surface area contributed by atoms with E-state index in [-0.39, 0.29) is 36.6 Å². The molecule has 1 unspecified atom stereocenters. The third-order valence-electron chi connectivity index (χ3n) is 5.71. The molecule has 3 aromatic rings. The number of hydrogen-bond acceptors (Lipinski definition) is 6. The van der Waals surface area contributed by atoms with Gasteiger partial charge in [0.05, 0.1) is 5.92 Å². The highest BCUT2D eigenvalue weighted by atomic mass is 32.2. The second-order valence-corrected chi connectivity index (χ2v) is 10.3. The fraction of sp³-hybridized carbons (Fsp3) is 0.333. The third kappa shape index (κ3) is 5.36. The maximum atomic E-state index is 14.9. The van der Waals surface area contributed by atoms with Crippen molar-refractivity contribution in [2.45, 2.75) is 36.5 Å². The Bertz CT molecular complexity index is 1240. The largest absolute Gasteiger partial charge is 0.391 e. The maximum Gasteiger partial charge on any atom is 0.391 e. The molecule has 2 heterocycles. The minimum absolute atomic E-state index is 0.0173. The van der Waals surface area contributed by atoms with Crippen LogP contribution in [0.5, 0.6) is 0 Å². The lowest BCUT2D eigenvalue weighted by atomic mass is 9.86. The number of likely N-dealkylation sites (tertiary alicyclic amines) is 1. The standard InChI is InChI=1S/C21H19F5N4O2S2/c22-16-10-19(34(31,32)29-20-27-12-28-33-20)17(23)8-14(16)11-30-7-6-15(21(24,25)26)9-18(30)13-4-2-1-3-5-13/h1-5,8,10,12,15,18H,6-7,9,11H2,(H,27,28,29)/t15-,18?/m1/s1. The van der Waals surface area contributed by atoms with Gasteiger partial charge in [-0.1, -0.05) is 30.3 Å². The van der Waals surface area contributed by atoms with E-state index in [0.29, 0.717) is 11.6 Å². The van der Waals surface area contributed by atoms with Crippen LogP contribution in [0.1, 0.15) is 30.0 Å². The maximum absolute atomic E-state index is 14.9. The van der Waals surface area contributed by atoms with Gasteiger partial charge in [0, 0.05) is 29.7 Å². The van der Waals surface area contributed by atoms with Gasteiger partial charge in [0.1, 0.15) is 22.9 Å². The number of benzene rings is 2. The summed E-state index contributed by atoms with van der Waals surface area (Å²) in [5, 5.41) is -0.109. The Kier molecular flexibility index (Phi) is 6.87. The first-order valence-electron chi connectivity index (χ1n) is 10.2. The number of aromatic nitrogens is 2. The summed E-state index contributed by atoms with van der Waals surface area (Å²) in [5.41, 5.74) is 0.483. The van der Waals surface area contributed by atoms with Crippen LogP contribution in [0, 0.1) is 17.6 Å². The second-order valence-electron chi connectivity index (χ2n) is 7.89. The van der Waals surface area contributed by atoms with E-state index in [1.807, 2.05) is 4.72 Å². The van der Waals surface area contributed by atoms with E-state index in [4.69, 9.17) is 0 Å². The summed E-state index contributed by atoms with van der Waals surface area (Å²) in [7, 11) is -4.46. The fourth-order valence-electron chi connectivity index (χ4n) is 4.03. The van der Waals surface area contributed by atoms with Crippen molar-refractivity contribution in [1.82, 2.24) is 14.3 Å². The average molecular weight is 519 g/mol. The van der Waals surface area contributed by atoms with Crippen LogP contribution < -0.4 is 4.72 Å². The molecule has 13 heteroatoms. The number of anilines is 1. The number of nitrogens with one attached hydrogen (secondary N) is 1. The summed E-state index contributed by atoms with van der Waals surface area (Å²) in [6, 6.07) is 9.21. The van der Waals surface area contributed by atoms with Gasteiger partial charge >= 0.3 is 6.18 Å². The van der Waals surface area contributed by atoms with Crippen molar-refractivity contribution >= 4 is 26.7 Å². The first kappa shape index (κ1) is 24.5. The molecule has 0 spiro atoms. The number of piperidine rings is 1. The van der Waals surface area contributed by atoms with Crippen LogP contribution in [0.2, 0.25) is 0 Å². The molecule has 0 aliphatic carbocycles. The molecule has 0 bridgehead atoms. The normalized spacial score (nSPS) is 19.8. The molecule has 2 atom stereocenters. The van der Waals surface area contributed by atoms with Crippen LogP contribution in [0.3, 0.4) is 0 Å². The molecule has 1 aliphatic rings. The minimum atomic E-state index is -4.46. The van der Waals surface area contributed by atoms with E-state index in [2.05, 4.69) is 9.36 Å². The molecule has 1 aliphatic heterocycles. The van der Waals surface area contributed by atoms with Crippen molar-refractivity contribution in [3.63, 3.8) is 0 Å². The second kappa shape index (κ2) is 9.55. The Morgan fingerprint density at radius 2 is 1.85 bits per heavy atom. The Morgan fingerprint density at radius 3 is 2.50 bits per heavy atom. The zero-order valence-corrected chi connectivity index (χ0v) is 19.1. The predicted molar refractivity (Wildman–Crippen MR) is 115 cm³/mol. The molecule has 1 fully saturated rings. The zero-order chi connectivity index (χ0) is 24.5. The van der Waals surface area contributed by atoms with Crippen LogP contribution >= 0.6 is 11.5 Å². The van der Waals surface area contributed by atoms with Crippen LogP contribution in [-0.2, 0) is 16.6 Å². The van der Waals surface area contributed by atoms with Crippen molar-refractivity contribution in [3.05, 3.63) is 71.6 Å². The highest BCUT2D eigenvalue weighted by Gasteiger charge is 2.44. The molecule has 0 radical (unpaired) electrons. The Labute approximate surface area is 196 Å². The number of alkyl halides is 3. The highest BCUT2D eigenvalue weighted by Crippen LogP contribution is 2.42. The smallest absolute Gasteiger partial charge is 0.292 e. The van der Waals surface area contributed by atoms with Gasteiger partial charge in [-0.3, -0.25) is 9.62 Å². The first-order chi connectivity index (χ1) is 16.0. The number of hydrogen-bond donors (Lipinski definition) is 1. The summed E-state index contributed by atoms with van der Waals surface area (Å²) < 4.78 is 100. The zero-order valence-electron chi connectivity index (χ0n) is 17.5. The quantitative estimate of drug-likeness (QED) is 0.458. The van der Waals surface area contributed by atoms with Gasteiger partial charge in [-0.05, 0) is 37.1 Å². The van der Waals surface area contributed by atoms with E-state index in [1.54, 1.807) is 35.2 Å². The molecule has 4 rings (SSSR count). The van der Waals surface area contributed by atoms with Gasteiger partial charge < -0.3 is 0 Å². The summed E-state index contributed by atoms with van der Waals surface area (Å²) in [6.45, 7) is -0.166. The minimum Gasteiger partial charge on any atom is -0.292 e. The third-order valence-corrected chi connectivity index (χ3v) is 7.77. The van der Waals surface area contributed by atoms with Gasteiger partial charge in [0.25, 0.3) is 10.0 Å². The van der Waals surface area contributed by atoms with Gasteiger partial charge in [0.15, 0.2) is 0 Å². The molecule has 182 valence electrons. The van der Waals surface area contributed by atoms with Crippen molar-refractivity contribution in [3.8, 4) is 0 Å². The molecule has 2 aromatic carbocycles. The molecule has 1 saturated heterocycles. The lowest BCUT2D eigenvalue weighted by molar-refractivity contribution is -0.190. The molecule has 0 saturated carbocycles. The molecule has 0 amide bonds. The Morgan fingerprint density at radius 1 is 1.12 bits per heavy atom. The van der Waals surface area contributed by atoms with E-state index in [9.17, 15) is 30.4 Å². The van der Waals surface area contributed by atoms with Crippen molar-refractivity contribution in [1.29, 1.82) is 0 Å². The first-order valence-corrected chi connectivity index (χ1v) is 12.4. The molecular weight excluding hydrogens is 499 g/mol. The van der Waals surface area contributed by atoms with E-state index < -0.39 is 44.7 Å². The Hall–Kier alpha value is -2.64. The number of halogens is 5.